The van der Waals surface area contributed by atoms with Gasteiger partial charge in [-0.05, 0) is 48.7 Å². The monoisotopic (exact) mass is 286 g/mol. The molecule has 0 aliphatic rings. The second-order valence-electron chi connectivity index (χ2n) is 5.04. The molecular weight excluding hydrogens is 268 g/mol. The fourth-order valence-electron chi connectivity index (χ4n) is 1.97. The Hall–Kier alpha value is -2.40. The molecule has 0 saturated carbocycles. The maximum atomic E-state index is 10.6. The quantitative estimate of drug-likeness (QED) is 0.654. The third kappa shape index (κ3) is 4.57. The van der Waals surface area contributed by atoms with E-state index in [-0.39, 0.29) is 11.7 Å². The van der Waals surface area contributed by atoms with E-state index < -0.39 is 4.92 Å². The van der Waals surface area contributed by atoms with Crippen LogP contribution in [0.15, 0.2) is 48.5 Å². The fourth-order valence-corrected chi connectivity index (χ4v) is 1.97. The predicted octanol–water partition coefficient (Wildman–Crippen LogP) is 3.06. The molecule has 5 nitrogen and oxygen atoms in total. The van der Waals surface area contributed by atoms with Crippen molar-refractivity contribution in [2.75, 3.05) is 0 Å². The number of nitro benzene ring substituents is 1. The van der Waals surface area contributed by atoms with Crippen molar-refractivity contribution in [1.29, 1.82) is 0 Å². The van der Waals surface area contributed by atoms with E-state index in [0.29, 0.717) is 6.61 Å². The van der Waals surface area contributed by atoms with E-state index in [1.807, 2.05) is 31.2 Å². The van der Waals surface area contributed by atoms with Crippen LogP contribution >= 0.6 is 0 Å². The van der Waals surface area contributed by atoms with Crippen molar-refractivity contribution < 1.29 is 9.66 Å². The Morgan fingerprint density at radius 3 is 2.19 bits per heavy atom. The van der Waals surface area contributed by atoms with Crippen LogP contribution in [0.3, 0.4) is 0 Å². The van der Waals surface area contributed by atoms with Crippen molar-refractivity contribution in [3.05, 3.63) is 69.8 Å². The molecule has 2 aromatic carbocycles. The third-order valence-corrected chi connectivity index (χ3v) is 3.03. The van der Waals surface area contributed by atoms with E-state index in [9.17, 15) is 10.1 Å². The SMILES string of the molecule is CC(N)Cc1ccc(OCc2ccc([N+](=O)[O-])cc2)cc1. The van der Waals surface area contributed by atoms with Gasteiger partial charge in [-0.2, -0.15) is 0 Å². The van der Waals surface area contributed by atoms with Gasteiger partial charge in [0, 0.05) is 18.2 Å². The summed E-state index contributed by atoms with van der Waals surface area (Å²) < 4.78 is 5.65. The minimum Gasteiger partial charge on any atom is -0.489 e. The molecule has 0 aliphatic carbocycles. The van der Waals surface area contributed by atoms with E-state index in [0.717, 1.165) is 17.7 Å². The van der Waals surface area contributed by atoms with Crippen molar-refractivity contribution in [1.82, 2.24) is 0 Å². The minimum atomic E-state index is -0.415. The highest BCUT2D eigenvalue weighted by atomic mass is 16.6. The van der Waals surface area contributed by atoms with E-state index in [1.54, 1.807) is 12.1 Å². The molecule has 2 rings (SSSR count). The van der Waals surface area contributed by atoms with E-state index in [4.69, 9.17) is 10.5 Å². The van der Waals surface area contributed by atoms with Crippen LogP contribution in [0, 0.1) is 10.1 Å². The van der Waals surface area contributed by atoms with E-state index >= 15 is 0 Å². The number of nitrogens with zero attached hydrogens (tertiary/aromatic N) is 1. The zero-order valence-electron chi connectivity index (χ0n) is 11.9. The smallest absolute Gasteiger partial charge is 0.269 e. The maximum Gasteiger partial charge on any atom is 0.269 e. The van der Waals surface area contributed by atoms with Crippen LogP contribution in [0.1, 0.15) is 18.1 Å². The molecule has 0 radical (unpaired) electrons. The van der Waals surface area contributed by atoms with Crippen molar-refractivity contribution in [2.45, 2.75) is 26.0 Å². The Morgan fingerprint density at radius 1 is 1.10 bits per heavy atom. The number of non-ortho nitro benzene ring substituents is 1. The molecule has 0 aliphatic heterocycles. The second-order valence-corrected chi connectivity index (χ2v) is 5.04. The predicted molar refractivity (Wildman–Crippen MR) is 81.2 cm³/mol. The number of ether oxygens (including phenoxy) is 1. The van der Waals surface area contributed by atoms with E-state index in [1.165, 1.54) is 17.7 Å². The van der Waals surface area contributed by atoms with Gasteiger partial charge in [0.1, 0.15) is 12.4 Å². The number of nitrogens with two attached hydrogens (primary N) is 1. The first-order valence-electron chi connectivity index (χ1n) is 6.75. The van der Waals surface area contributed by atoms with Gasteiger partial charge in [0.05, 0.1) is 4.92 Å². The topological polar surface area (TPSA) is 78.4 Å². The molecule has 0 fully saturated rings. The standard InChI is InChI=1S/C16H18N2O3/c1-12(17)10-13-4-8-16(9-5-13)21-11-14-2-6-15(7-3-14)18(19)20/h2-9,12H,10-11,17H2,1H3. The summed E-state index contributed by atoms with van der Waals surface area (Å²) in [5.74, 6) is 0.766. The summed E-state index contributed by atoms with van der Waals surface area (Å²) in [4.78, 5) is 10.2. The van der Waals surface area contributed by atoms with Gasteiger partial charge in [-0.15, -0.1) is 0 Å². The van der Waals surface area contributed by atoms with Crippen molar-refractivity contribution >= 4 is 5.69 Å². The van der Waals surface area contributed by atoms with Gasteiger partial charge in [-0.25, -0.2) is 0 Å². The second kappa shape index (κ2) is 6.85. The zero-order chi connectivity index (χ0) is 15.2. The van der Waals surface area contributed by atoms with Gasteiger partial charge in [0.2, 0.25) is 0 Å². The highest BCUT2D eigenvalue weighted by Crippen LogP contribution is 2.17. The molecule has 0 aromatic heterocycles. The lowest BCUT2D eigenvalue weighted by atomic mass is 10.1. The number of hydrogen-bond donors (Lipinski definition) is 1. The molecule has 1 unspecified atom stereocenters. The zero-order valence-corrected chi connectivity index (χ0v) is 11.9. The first-order chi connectivity index (χ1) is 10.0. The first-order valence-corrected chi connectivity index (χ1v) is 6.75. The molecular formula is C16H18N2O3. The lowest BCUT2D eigenvalue weighted by Gasteiger charge is -2.08. The van der Waals surface area contributed by atoms with E-state index in [2.05, 4.69) is 0 Å². The van der Waals surface area contributed by atoms with Crippen LogP contribution in [-0.4, -0.2) is 11.0 Å². The van der Waals surface area contributed by atoms with Crippen LogP contribution in [0.4, 0.5) is 5.69 Å². The number of nitro groups is 1. The van der Waals surface area contributed by atoms with Gasteiger partial charge >= 0.3 is 0 Å². The number of rotatable bonds is 6. The summed E-state index contributed by atoms with van der Waals surface area (Å²) in [6.07, 6.45) is 0.836. The van der Waals surface area contributed by atoms with Crippen molar-refractivity contribution in [2.24, 2.45) is 5.73 Å². The highest BCUT2D eigenvalue weighted by molar-refractivity contribution is 5.33. The van der Waals surface area contributed by atoms with Crippen molar-refractivity contribution in [3.63, 3.8) is 0 Å². The molecule has 110 valence electrons. The highest BCUT2D eigenvalue weighted by Gasteiger charge is 2.04. The Kier molecular flexibility index (Phi) is 4.90. The summed E-state index contributed by atoms with van der Waals surface area (Å²) in [6, 6.07) is 14.3. The third-order valence-electron chi connectivity index (χ3n) is 3.03. The average Bonchev–Trinajstić information content (AvgIpc) is 2.46. The van der Waals surface area contributed by atoms with Gasteiger partial charge < -0.3 is 10.5 Å². The Morgan fingerprint density at radius 2 is 1.67 bits per heavy atom. The molecule has 5 heteroatoms. The summed E-state index contributed by atoms with van der Waals surface area (Å²) in [7, 11) is 0. The lowest BCUT2D eigenvalue weighted by molar-refractivity contribution is -0.384. The fraction of sp³-hybridized carbons (Fsp3) is 0.250. The molecule has 2 aromatic rings. The Labute approximate surface area is 123 Å². The number of hydrogen-bond acceptors (Lipinski definition) is 4. The van der Waals surface area contributed by atoms with Gasteiger partial charge in [0.15, 0.2) is 0 Å². The summed E-state index contributed by atoms with van der Waals surface area (Å²) in [5.41, 5.74) is 7.90. The summed E-state index contributed by atoms with van der Waals surface area (Å²) >= 11 is 0. The molecule has 21 heavy (non-hydrogen) atoms. The Bertz CT molecular complexity index is 592. The average molecular weight is 286 g/mol. The lowest BCUT2D eigenvalue weighted by Crippen LogP contribution is -2.17. The summed E-state index contributed by atoms with van der Waals surface area (Å²) in [6.45, 7) is 2.35. The van der Waals surface area contributed by atoms with Crippen LogP contribution in [-0.2, 0) is 13.0 Å². The minimum absolute atomic E-state index is 0.0824. The van der Waals surface area contributed by atoms with Gasteiger partial charge in [-0.3, -0.25) is 10.1 Å². The van der Waals surface area contributed by atoms with Crippen LogP contribution < -0.4 is 10.5 Å². The maximum absolute atomic E-state index is 10.6. The molecule has 0 heterocycles. The van der Waals surface area contributed by atoms with Crippen LogP contribution in [0.5, 0.6) is 5.75 Å². The summed E-state index contributed by atoms with van der Waals surface area (Å²) in [5, 5.41) is 10.6. The van der Waals surface area contributed by atoms with Crippen LogP contribution in [0.2, 0.25) is 0 Å². The molecule has 0 amide bonds. The molecule has 2 N–H and O–H groups in total. The normalized spacial score (nSPS) is 11.9. The van der Waals surface area contributed by atoms with Gasteiger partial charge in [-0.1, -0.05) is 12.1 Å². The first kappa shape index (κ1) is 15.0. The largest absolute Gasteiger partial charge is 0.489 e. The van der Waals surface area contributed by atoms with Crippen LogP contribution in [0.25, 0.3) is 0 Å². The molecule has 0 spiro atoms. The number of benzene rings is 2. The van der Waals surface area contributed by atoms with Crippen molar-refractivity contribution in [3.8, 4) is 5.75 Å². The van der Waals surface area contributed by atoms with Gasteiger partial charge in [0.25, 0.3) is 5.69 Å². The Balaban J connectivity index is 1.91. The molecule has 0 bridgehead atoms. The molecule has 0 saturated heterocycles. The molecule has 1 atom stereocenters.